The van der Waals surface area contributed by atoms with Crippen LogP contribution in [0.2, 0.25) is 5.02 Å². The third-order valence-electron chi connectivity index (χ3n) is 3.45. The Morgan fingerprint density at radius 2 is 1.93 bits per heavy atom. The van der Waals surface area contributed by atoms with Gasteiger partial charge in [0.25, 0.3) is 0 Å². The van der Waals surface area contributed by atoms with E-state index in [-0.39, 0.29) is 28.1 Å². The maximum atomic E-state index is 13.3. The lowest BCUT2D eigenvalue weighted by molar-refractivity contribution is 0.230. The van der Waals surface area contributed by atoms with Gasteiger partial charge in [0.15, 0.2) is 11.5 Å². The molecule has 0 fully saturated rings. The van der Waals surface area contributed by atoms with Gasteiger partial charge in [0.05, 0.1) is 10.7 Å². The van der Waals surface area contributed by atoms with E-state index >= 15 is 0 Å². The van der Waals surface area contributed by atoms with Gasteiger partial charge in [0.2, 0.25) is 12.2 Å². The molecule has 0 aliphatic rings. The van der Waals surface area contributed by atoms with Crippen molar-refractivity contribution >= 4 is 40.3 Å². The molecule has 0 amide bonds. The first-order valence-electron chi connectivity index (χ1n) is 7.79. The molecule has 1 atom stereocenters. The van der Waals surface area contributed by atoms with Gasteiger partial charge >= 0.3 is 0 Å². The Balaban J connectivity index is 1.77. The Labute approximate surface area is 162 Å². The van der Waals surface area contributed by atoms with E-state index in [0.717, 1.165) is 6.07 Å². The van der Waals surface area contributed by atoms with Gasteiger partial charge in [-0.15, -0.1) is 0 Å². The van der Waals surface area contributed by atoms with Crippen molar-refractivity contribution in [3.8, 4) is 0 Å². The minimum absolute atomic E-state index is 0.0241. The number of hydrogen-bond acceptors (Lipinski definition) is 9. The molecule has 0 aliphatic heterocycles. The first-order chi connectivity index (χ1) is 13.5. The van der Waals surface area contributed by atoms with Crippen molar-refractivity contribution in [2.75, 3.05) is 16.4 Å². The zero-order chi connectivity index (χ0) is 20.1. The van der Waals surface area contributed by atoms with Crippen molar-refractivity contribution in [2.45, 2.75) is 6.35 Å². The third-order valence-corrected chi connectivity index (χ3v) is 3.74. The van der Waals surface area contributed by atoms with E-state index in [0.29, 0.717) is 11.4 Å². The van der Waals surface area contributed by atoms with Gasteiger partial charge in [-0.3, -0.25) is 10.7 Å². The molecule has 0 bridgehead atoms. The maximum absolute atomic E-state index is 13.3. The highest BCUT2D eigenvalue weighted by Crippen LogP contribution is 2.23. The molecule has 10 nitrogen and oxygen atoms in total. The van der Waals surface area contributed by atoms with Crippen LogP contribution in [0.25, 0.3) is 0 Å². The van der Waals surface area contributed by atoms with Crippen molar-refractivity contribution < 1.29 is 19.3 Å². The highest BCUT2D eigenvalue weighted by atomic mass is 35.5. The number of rotatable bonds is 6. The van der Waals surface area contributed by atoms with Gasteiger partial charge in [-0.05, 0) is 52.8 Å². The van der Waals surface area contributed by atoms with Crippen molar-refractivity contribution in [2.24, 2.45) is 4.99 Å². The van der Waals surface area contributed by atoms with Crippen LogP contribution < -0.4 is 21.8 Å². The molecule has 2 aromatic carbocycles. The van der Waals surface area contributed by atoms with Gasteiger partial charge in [-0.1, -0.05) is 11.6 Å². The van der Waals surface area contributed by atoms with Gasteiger partial charge in [0.1, 0.15) is 5.82 Å². The number of anilines is 3. The summed E-state index contributed by atoms with van der Waals surface area (Å²) in [5, 5.41) is 32.0. The summed E-state index contributed by atoms with van der Waals surface area (Å²) < 4.78 is 17.9. The highest BCUT2D eigenvalue weighted by molar-refractivity contribution is 6.31. The minimum atomic E-state index is -1.28. The lowest BCUT2D eigenvalue weighted by atomic mass is 10.3. The number of halogens is 2. The summed E-state index contributed by atoms with van der Waals surface area (Å²) in [4.78, 5) is 4.07. The number of amidine groups is 1. The van der Waals surface area contributed by atoms with E-state index in [9.17, 15) is 14.7 Å². The van der Waals surface area contributed by atoms with Crippen LogP contribution in [0.3, 0.4) is 0 Å². The molecule has 1 unspecified atom stereocenters. The standard InChI is InChI=1S/C16H15ClFN7O3/c17-11-7-10(5-6-12(11)18)20-14(23-27)13-15(25-28-24-13)22-16(26)21-9-3-1-8(19)2-4-9/h1-7,16,21,26-27H,19H2,(H,20,23)(H,22,25). The summed E-state index contributed by atoms with van der Waals surface area (Å²) in [6, 6.07) is 10.4. The molecule has 3 rings (SSSR count). The molecular formula is C16H15ClFN7O3. The molecule has 28 heavy (non-hydrogen) atoms. The summed E-state index contributed by atoms with van der Waals surface area (Å²) in [5.41, 5.74) is 8.81. The van der Waals surface area contributed by atoms with E-state index in [4.69, 9.17) is 17.3 Å². The quantitative estimate of drug-likeness (QED) is 0.119. The zero-order valence-corrected chi connectivity index (χ0v) is 14.9. The summed E-state index contributed by atoms with van der Waals surface area (Å²) >= 11 is 5.72. The van der Waals surface area contributed by atoms with Crippen LogP contribution in [0.5, 0.6) is 0 Å². The van der Waals surface area contributed by atoms with Gasteiger partial charge in [-0.2, -0.15) is 0 Å². The largest absolute Gasteiger partial charge is 0.399 e. The molecule has 0 spiro atoms. The number of aliphatic hydroxyl groups excluding tert-OH is 1. The molecule has 0 saturated carbocycles. The number of nitrogens with one attached hydrogen (secondary N) is 3. The SMILES string of the molecule is Nc1ccc(NC(O)Nc2nonc2C(=Nc2ccc(F)c(Cl)c2)NO)cc1. The monoisotopic (exact) mass is 407 g/mol. The number of aromatic nitrogens is 2. The van der Waals surface area contributed by atoms with Crippen molar-refractivity contribution in [3.63, 3.8) is 0 Å². The fourth-order valence-corrected chi connectivity index (χ4v) is 2.33. The van der Waals surface area contributed by atoms with E-state index in [2.05, 4.69) is 30.6 Å². The summed E-state index contributed by atoms with van der Waals surface area (Å²) in [6.45, 7) is 0. The van der Waals surface area contributed by atoms with Crippen LogP contribution in [0, 0.1) is 5.82 Å². The van der Waals surface area contributed by atoms with Gasteiger partial charge in [-0.25, -0.2) is 14.0 Å². The predicted molar refractivity (Wildman–Crippen MR) is 101 cm³/mol. The molecule has 3 aromatic rings. The van der Waals surface area contributed by atoms with Crippen LogP contribution in [-0.2, 0) is 0 Å². The Morgan fingerprint density at radius 3 is 2.61 bits per heavy atom. The number of nitrogen functional groups attached to an aromatic ring is 1. The van der Waals surface area contributed by atoms with Gasteiger partial charge in [0, 0.05) is 11.4 Å². The molecule has 1 heterocycles. The molecule has 0 saturated heterocycles. The minimum Gasteiger partial charge on any atom is -0.399 e. The number of nitrogens with two attached hydrogens (primary N) is 1. The lowest BCUT2D eigenvalue weighted by Crippen LogP contribution is -2.30. The molecule has 12 heteroatoms. The van der Waals surface area contributed by atoms with E-state index in [1.807, 2.05) is 5.48 Å². The Bertz CT molecular complexity index is 981. The van der Waals surface area contributed by atoms with Crippen LogP contribution >= 0.6 is 11.6 Å². The van der Waals surface area contributed by atoms with E-state index in [1.165, 1.54) is 12.1 Å². The molecule has 7 N–H and O–H groups in total. The first-order valence-corrected chi connectivity index (χ1v) is 8.17. The Kier molecular flexibility index (Phi) is 5.89. The van der Waals surface area contributed by atoms with Gasteiger partial charge < -0.3 is 21.5 Å². The normalized spacial score (nSPS) is 12.5. The number of hydrogen-bond donors (Lipinski definition) is 6. The average Bonchev–Trinajstić information content (AvgIpc) is 3.12. The second-order valence-corrected chi connectivity index (χ2v) is 5.85. The van der Waals surface area contributed by atoms with Crippen LogP contribution in [0.15, 0.2) is 52.1 Å². The zero-order valence-electron chi connectivity index (χ0n) is 14.1. The van der Waals surface area contributed by atoms with E-state index in [1.54, 1.807) is 24.3 Å². The summed E-state index contributed by atoms with van der Waals surface area (Å²) in [7, 11) is 0. The molecule has 1 aromatic heterocycles. The van der Waals surface area contributed by atoms with Crippen molar-refractivity contribution in [1.29, 1.82) is 0 Å². The lowest BCUT2D eigenvalue weighted by Gasteiger charge is -2.15. The number of benzene rings is 2. The fraction of sp³-hybridized carbons (Fsp3) is 0.0625. The molecule has 0 radical (unpaired) electrons. The Morgan fingerprint density at radius 1 is 1.18 bits per heavy atom. The van der Waals surface area contributed by atoms with E-state index < -0.39 is 12.2 Å². The number of nitrogens with zero attached hydrogens (tertiary/aromatic N) is 3. The molecule has 146 valence electrons. The van der Waals surface area contributed by atoms with Crippen molar-refractivity contribution in [1.82, 2.24) is 15.8 Å². The second kappa shape index (κ2) is 8.52. The van der Waals surface area contributed by atoms with Crippen LogP contribution in [0.4, 0.5) is 27.3 Å². The number of hydroxylamine groups is 1. The number of aliphatic hydroxyl groups is 1. The Hall–Kier alpha value is -3.41. The summed E-state index contributed by atoms with van der Waals surface area (Å²) in [6.07, 6.45) is -1.28. The average molecular weight is 408 g/mol. The van der Waals surface area contributed by atoms with Crippen LogP contribution in [-0.4, -0.2) is 32.8 Å². The van der Waals surface area contributed by atoms with Crippen LogP contribution in [0.1, 0.15) is 5.69 Å². The predicted octanol–water partition coefficient (Wildman–Crippen LogP) is 2.30. The number of aliphatic imine (C=N–C) groups is 1. The molecular weight excluding hydrogens is 393 g/mol. The topological polar surface area (TPSA) is 154 Å². The summed E-state index contributed by atoms with van der Waals surface area (Å²) in [5.74, 6) is -0.809. The third kappa shape index (κ3) is 4.65. The highest BCUT2D eigenvalue weighted by Gasteiger charge is 2.19. The fourth-order valence-electron chi connectivity index (χ4n) is 2.16. The second-order valence-electron chi connectivity index (χ2n) is 5.45. The maximum Gasteiger partial charge on any atom is 0.205 e. The van der Waals surface area contributed by atoms with Crippen molar-refractivity contribution in [3.05, 3.63) is 59.0 Å². The molecule has 0 aliphatic carbocycles. The first kappa shape index (κ1) is 19.4. The smallest absolute Gasteiger partial charge is 0.205 e.